The molecule has 0 amide bonds. The van der Waals surface area contributed by atoms with E-state index in [4.69, 9.17) is 10.7 Å². The number of nitrogens with two attached hydrogens (primary N) is 1. The molecule has 4 nitrogen and oxygen atoms in total. The minimum Gasteiger partial charge on any atom is -0.399 e. The van der Waals surface area contributed by atoms with Gasteiger partial charge in [0.15, 0.2) is 0 Å². The first-order chi connectivity index (χ1) is 16.9. The second-order valence-electron chi connectivity index (χ2n) is 10.5. The van der Waals surface area contributed by atoms with Gasteiger partial charge in [0.1, 0.15) is 5.82 Å². The Hall–Kier alpha value is -3.25. The second kappa shape index (κ2) is 7.37. The molecule has 3 aliphatic rings. The van der Waals surface area contributed by atoms with Gasteiger partial charge < -0.3 is 10.7 Å². The number of fused-ring (bicyclic) bond motifs is 5. The fraction of sp³-hybridized carbons (Fsp3) is 0.345. The van der Waals surface area contributed by atoms with Crippen LogP contribution in [0.25, 0.3) is 33.3 Å². The van der Waals surface area contributed by atoms with Crippen LogP contribution in [0, 0.1) is 5.92 Å². The average Bonchev–Trinajstić information content (AvgIpc) is 3.50. The van der Waals surface area contributed by atoms with Gasteiger partial charge in [0.2, 0.25) is 0 Å². The number of nitrogen functional groups attached to an aromatic ring is 1. The third-order valence-corrected chi connectivity index (χ3v) is 8.59. The van der Waals surface area contributed by atoms with Crippen molar-refractivity contribution in [3.63, 3.8) is 0 Å². The van der Waals surface area contributed by atoms with Gasteiger partial charge in [-0.05, 0) is 84.8 Å². The van der Waals surface area contributed by atoms with Crippen LogP contribution in [0.4, 0.5) is 14.5 Å². The zero-order valence-corrected chi connectivity index (χ0v) is 19.7. The number of H-pyrrole nitrogens is 1. The molecule has 35 heavy (non-hydrogen) atoms. The predicted molar refractivity (Wildman–Crippen MR) is 135 cm³/mol. The number of alkyl halides is 2. The van der Waals surface area contributed by atoms with E-state index in [-0.39, 0.29) is 11.1 Å². The van der Waals surface area contributed by atoms with Crippen molar-refractivity contribution in [3.05, 3.63) is 71.5 Å². The zero-order chi connectivity index (χ0) is 23.9. The van der Waals surface area contributed by atoms with Gasteiger partial charge in [-0.15, -0.1) is 0 Å². The van der Waals surface area contributed by atoms with E-state index in [1.54, 1.807) is 24.3 Å². The molecule has 1 aromatic heterocycles. The Morgan fingerprint density at radius 3 is 2.49 bits per heavy atom. The van der Waals surface area contributed by atoms with Crippen LogP contribution in [0.15, 0.2) is 54.6 Å². The molecule has 178 valence electrons. The molecule has 2 aliphatic carbocycles. The monoisotopic (exact) mass is 470 g/mol. The largest absolute Gasteiger partial charge is 0.399 e. The van der Waals surface area contributed by atoms with E-state index in [9.17, 15) is 0 Å². The van der Waals surface area contributed by atoms with Crippen molar-refractivity contribution in [2.24, 2.45) is 5.92 Å². The normalized spacial score (nSPS) is 24.9. The number of likely N-dealkylation sites (tertiary alicyclic amines) is 1. The number of aromatic amines is 1. The maximum Gasteiger partial charge on any atom is 0.299 e. The Morgan fingerprint density at radius 1 is 0.943 bits per heavy atom. The van der Waals surface area contributed by atoms with Crippen molar-refractivity contribution in [2.45, 2.75) is 50.1 Å². The highest BCUT2D eigenvalue weighted by atomic mass is 19.3. The number of halogens is 2. The van der Waals surface area contributed by atoms with Gasteiger partial charge in [0.25, 0.3) is 5.92 Å². The minimum absolute atomic E-state index is 0.0143. The van der Waals surface area contributed by atoms with Crippen molar-refractivity contribution in [1.82, 2.24) is 14.9 Å². The molecule has 4 aromatic rings. The summed E-state index contributed by atoms with van der Waals surface area (Å²) in [7, 11) is 2.23. The summed E-state index contributed by atoms with van der Waals surface area (Å²) in [5.74, 6) is -1.29. The van der Waals surface area contributed by atoms with E-state index in [2.05, 4.69) is 16.9 Å². The van der Waals surface area contributed by atoms with Gasteiger partial charge in [0.05, 0.1) is 17.1 Å². The molecule has 3 atom stereocenters. The second-order valence-corrected chi connectivity index (χ2v) is 10.5. The lowest BCUT2D eigenvalue weighted by Gasteiger charge is -2.30. The standard InChI is InChI=1S/C29H28F2N4/c1-35-26-5-3-2-4-18(26)14-27(35)28-33-24-11-7-17(13-25(24)34-28)16-6-9-20-21-10-8-19(32)15-23(21)29(30,31)22(20)12-16/h6-13,15,18,26-27H,2-5,14,32H2,1H3,(H,33,34)/t18-,26-,27?/m0/s1. The molecule has 3 N–H and O–H groups in total. The lowest BCUT2D eigenvalue weighted by Crippen LogP contribution is -2.32. The van der Waals surface area contributed by atoms with Crippen LogP contribution in [0.2, 0.25) is 0 Å². The molecule has 2 heterocycles. The smallest absolute Gasteiger partial charge is 0.299 e. The topological polar surface area (TPSA) is 57.9 Å². The van der Waals surface area contributed by atoms with Gasteiger partial charge in [-0.3, -0.25) is 4.90 Å². The third kappa shape index (κ3) is 3.09. The van der Waals surface area contributed by atoms with Gasteiger partial charge in [-0.2, -0.15) is 8.78 Å². The Labute approximate surface area is 203 Å². The van der Waals surface area contributed by atoms with E-state index < -0.39 is 5.92 Å². The SMILES string of the molecule is CN1C(c2nc3ccc(-c4ccc5c(c4)C(F)(F)c4cc(N)ccc4-5)cc3[nH]2)C[C@@H]2CCCC[C@@H]21. The van der Waals surface area contributed by atoms with Gasteiger partial charge in [-0.25, -0.2) is 4.98 Å². The van der Waals surface area contributed by atoms with E-state index in [1.807, 2.05) is 24.3 Å². The highest BCUT2D eigenvalue weighted by Crippen LogP contribution is 2.52. The number of anilines is 1. The summed E-state index contributed by atoms with van der Waals surface area (Å²) in [6, 6.07) is 17.1. The first kappa shape index (κ1) is 21.1. The Morgan fingerprint density at radius 2 is 1.66 bits per heavy atom. The van der Waals surface area contributed by atoms with E-state index in [0.29, 0.717) is 28.9 Å². The fourth-order valence-corrected chi connectivity index (χ4v) is 6.77. The van der Waals surface area contributed by atoms with E-state index in [1.165, 1.54) is 31.7 Å². The molecular weight excluding hydrogens is 442 g/mol. The highest BCUT2D eigenvalue weighted by Gasteiger charge is 2.45. The number of nitrogens with zero attached hydrogens (tertiary/aromatic N) is 2. The van der Waals surface area contributed by atoms with Crippen LogP contribution < -0.4 is 5.73 Å². The van der Waals surface area contributed by atoms with Crippen LogP contribution >= 0.6 is 0 Å². The summed E-state index contributed by atoms with van der Waals surface area (Å²) in [6.07, 6.45) is 6.40. The molecule has 0 bridgehead atoms. The number of hydrogen-bond donors (Lipinski definition) is 2. The molecule has 1 saturated heterocycles. The zero-order valence-electron chi connectivity index (χ0n) is 19.7. The van der Waals surface area contributed by atoms with E-state index in [0.717, 1.165) is 40.3 Å². The predicted octanol–water partition coefficient (Wildman–Crippen LogP) is 6.87. The molecule has 0 radical (unpaired) electrons. The summed E-state index contributed by atoms with van der Waals surface area (Å²) in [4.78, 5) is 11.0. The quantitative estimate of drug-likeness (QED) is 0.314. The van der Waals surface area contributed by atoms with Crippen LogP contribution in [-0.4, -0.2) is 28.0 Å². The summed E-state index contributed by atoms with van der Waals surface area (Å²) in [6.45, 7) is 0. The molecule has 1 aliphatic heterocycles. The summed E-state index contributed by atoms with van der Waals surface area (Å²) in [5, 5.41) is 0. The molecule has 1 unspecified atom stereocenters. The van der Waals surface area contributed by atoms with Crippen molar-refractivity contribution < 1.29 is 8.78 Å². The van der Waals surface area contributed by atoms with Crippen LogP contribution in [-0.2, 0) is 5.92 Å². The molecule has 2 fully saturated rings. The number of nitrogens with one attached hydrogen (secondary N) is 1. The first-order valence-electron chi connectivity index (χ1n) is 12.5. The minimum atomic E-state index is -3.06. The number of imidazole rings is 1. The Bertz CT molecular complexity index is 1470. The number of benzene rings is 3. The van der Waals surface area contributed by atoms with Gasteiger partial charge in [0, 0.05) is 22.9 Å². The lowest BCUT2D eigenvalue weighted by atomic mass is 9.85. The molecule has 3 aromatic carbocycles. The molecular formula is C29H28F2N4. The number of rotatable bonds is 2. The van der Waals surface area contributed by atoms with E-state index >= 15 is 8.78 Å². The third-order valence-electron chi connectivity index (χ3n) is 8.59. The summed E-state index contributed by atoms with van der Waals surface area (Å²) < 4.78 is 30.6. The maximum absolute atomic E-state index is 15.3. The highest BCUT2D eigenvalue weighted by molar-refractivity contribution is 5.86. The van der Waals surface area contributed by atoms with Crippen molar-refractivity contribution in [1.29, 1.82) is 0 Å². The number of hydrogen-bond acceptors (Lipinski definition) is 3. The maximum atomic E-state index is 15.3. The first-order valence-corrected chi connectivity index (χ1v) is 12.5. The molecule has 6 heteroatoms. The van der Waals surface area contributed by atoms with Crippen LogP contribution in [0.1, 0.15) is 55.1 Å². The van der Waals surface area contributed by atoms with Crippen LogP contribution in [0.3, 0.4) is 0 Å². The van der Waals surface area contributed by atoms with Crippen molar-refractivity contribution in [2.75, 3.05) is 12.8 Å². The number of aromatic nitrogens is 2. The van der Waals surface area contributed by atoms with Gasteiger partial charge in [-0.1, -0.05) is 37.1 Å². The molecule has 7 rings (SSSR count). The molecule has 1 saturated carbocycles. The van der Waals surface area contributed by atoms with Crippen molar-refractivity contribution in [3.8, 4) is 22.3 Å². The molecule has 0 spiro atoms. The van der Waals surface area contributed by atoms with Gasteiger partial charge >= 0.3 is 0 Å². The fourth-order valence-electron chi connectivity index (χ4n) is 6.77. The Kier molecular flexibility index (Phi) is 4.44. The van der Waals surface area contributed by atoms with Crippen molar-refractivity contribution >= 4 is 16.7 Å². The Balaban J connectivity index is 1.24. The summed E-state index contributed by atoms with van der Waals surface area (Å²) in [5.41, 5.74) is 10.8. The van der Waals surface area contributed by atoms with Crippen LogP contribution in [0.5, 0.6) is 0 Å². The lowest BCUT2D eigenvalue weighted by molar-refractivity contribution is 0.0481. The average molecular weight is 471 g/mol. The summed E-state index contributed by atoms with van der Waals surface area (Å²) >= 11 is 0.